The van der Waals surface area contributed by atoms with Crippen molar-refractivity contribution in [2.24, 2.45) is 0 Å². The van der Waals surface area contributed by atoms with Gasteiger partial charge in [-0.2, -0.15) is 0 Å². The minimum Gasteiger partial charge on any atom is -0.455 e. The topological polar surface area (TPSA) is 75.7 Å². The van der Waals surface area contributed by atoms with Gasteiger partial charge in [0.25, 0.3) is 0 Å². The summed E-state index contributed by atoms with van der Waals surface area (Å²) in [6.45, 7) is 5.53. The minimum absolute atomic E-state index is 0.264. The van der Waals surface area contributed by atoms with Crippen LogP contribution in [0.1, 0.15) is 29.7 Å². The number of carbonyl (C=O) groups excluding carboxylic acids is 1. The van der Waals surface area contributed by atoms with Gasteiger partial charge in [0.2, 0.25) is 15.9 Å². The maximum atomic E-state index is 12.8. The molecule has 0 fully saturated rings. The van der Waals surface area contributed by atoms with Gasteiger partial charge >= 0.3 is 0 Å². The van der Waals surface area contributed by atoms with Gasteiger partial charge < -0.3 is 10.1 Å². The van der Waals surface area contributed by atoms with Crippen LogP contribution < -0.4 is 14.4 Å². The molecule has 3 rings (SSSR count). The van der Waals surface area contributed by atoms with Crippen molar-refractivity contribution in [1.82, 2.24) is 5.32 Å². The van der Waals surface area contributed by atoms with Gasteiger partial charge in [-0.05, 0) is 56.2 Å². The van der Waals surface area contributed by atoms with Gasteiger partial charge in [0.15, 0.2) is 5.75 Å². The van der Waals surface area contributed by atoms with Gasteiger partial charge in [0.1, 0.15) is 12.3 Å². The van der Waals surface area contributed by atoms with Crippen LogP contribution >= 0.6 is 0 Å². The van der Waals surface area contributed by atoms with Gasteiger partial charge in [0.05, 0.1) is 18.0 Å². The number of para-hydroxylation sites is 3. The highest BCUT2D eigenvalue weighted by molar-refractivity contribution is 7.92. The second-order valence-corrected chi connectivity index (χ2v) is 9.71. The summed E-state index contributed by atoms with van der Waals surface area (Å²) in [4.78, 5) is 12.8. The quantitative estimate of drug-likeness (QED) is 0.536. The zero-order valence-corrected chi connectivity index (χ0v) is 19.5. The monoisotopic (exact) mass is 452 g/mol. The summed E-state index contributed by atoms with van der Waals surface area (Å²) in [5.41, 5.74) is 3.50. The summed E-state index contributed by atoms with van der Waals surface area (Å²) >= 11 is 0. The second-order valence-electron chi connectivity index (χ2n) is 7.80. The third kappa shape index (κ3) is 5.88. The van der Waals surface area contributed by atoms with Crippen molar-refractivity contribution in [3.8, 4) is 11.5 Å². The lowest BCUT2D eigenvalue weighted by Crippen LogP contribution is -2.41. The number of hydrogen-bond acceptors (Lipinski definition) is 4. The summed E-state index contributed by atoms with van der Waals surface area (Å²) in [5.74, 6) is 0.512. The Labute approximate surface area is 189 Å². The maximum absolute atomic E-state index is 12.8. The number of ether oxygens (including phenoxy) is 1. The lowest BCUT2D eigenvalue weighted by atomic mass is 10.0. The number of anilines is 1. The van der Waals surface area contributed by atoms with E-state index in [1.807, 2.05) is 51.1 Å². The average molecular weight is 453 g/mol. The van der Waals surface area contributed by atoms with Crippen molar-refractivity contribution in [3.05, 3.63) is 89.5 Å². The Morgan fingerprint density at radius 2 is 1.66 bits per heavy atom. The normalized spacial score (nSPS) is 12.1. The summed E-state index contributed by atoms with van der Waals surface area (Å²) < 4.78 is 32.2. The first-order chi connectivity index (χ1) is 15.1. The van der Waals surface area contributed by atoms with E-state index in [1.54, 1.807) is 36.4 Å². The molecule has 168 valence electrons. The Morgan fingerprint density at radius 1 is 1.00 bits per heavy atom. The molecule has 3 aromatic carbocycles. The van der Waals surface area contributed by atoms with E-state index in [2.05, 4.69) is 11.4 Å². The minimum atomic E-state index is -3.75. The first kappa shape index (κ1) is 23.3. The molecule has 0 bridgehead atoms. The van der Waals surface area contributed by atoms with Crippen molar-refractivity contribution < 1.29 is 17.9 Å². The van der Waals surface area contributed by atoms with Crippen LogP contribution in [-0.2, 0) is 14.8 Å². The lowest BCUT2D eigenvalue weighted by Gasteiger charge is -2.25. The second kappa shape index (κ2) is 9.87. The van der Waals surface area contributed by atoms with E-state index in [0.717, 1.165) is 27.3 Å². The SMILES string of the molecule is Cc1ccc(C(C)NC(=O)CN(c2ccccc2Oc2ccccc2)S(C)(=O)=O)c(C)c1. The molecule has 0 saturated heterocycles. The highest BCUT2D eigenvalue weighted by Gasteiger charge is 2.25. The fourth-order valence-electron chi connectivity index (χ4n) is 3.55. The largest absolute Gasteiger partial charge is 0.455 e. The summed E-state index contributed by atoms with van der Waals surface area (Å²) in [6, 6.07) is 21.6. The molecular formula is C25H28N2O4S. The van der Waals surface area contributed by atoms with E-state index < -0.39 is 15.9 Å². The zero-order chi connectivity index (χ0) is 23.3. The van der Waals surface area contributed by atoms with E-state index in [0.29, 0.717) is 17.2 Å². The fourth-order valence-corrected chi connectivity index (χ4v) is 4.41. The van der Waals surface area contributed by atoms with Gasteiger partial charge in [-0.25, -0.2) is 8.42 Å². The molecule has 1 atom stereocenters. The number of carbonyl (C=O) groups is 1. The Kier molecular flexibility index (Phi) is 7.20. The van der Waals surface area contributed by atoms with Crippen molar-refractivity contribution in [2.75, 3.05) is 17.1 Å². The Morgan fingerprint density at radius 3 is 2.31 bits per heavy atom. The molecule has 0 spiro atoms. The summed E-state index contributed by atoms with van der Waals surface area (Å²) in [6.07, 6.45) is 1.08. The van der Waals surface area contributed by atoms with E-state index in [-0.39, 0.29) is 12.6 Å². The third-order valence-corrected chi connectivity index (χ3v) is 6.19. The summed E-state index contributed by atoms with van der Waals surface area (Å²) in [5, 5.41) is 2.91. The predicted molar refractivity (Wildman–Crippen MR) is 128 cm³/mol. The molecule has 0 aliphatic heterocycles. The Hall–Kier alpha value is -3.32. The van der Waals surface area contributed by atoms with Crippen LogP contribution in [0.5, 0.6) is 11.5 Å². The number of rotatable bonds is 8. The van der Waals surface area contributed by atoms with Crippen LogP contribution in [-0.4, -0.2) is 27.1 Å². The first-order valence-corrected chi connectivity index (χ1v) is 12.2. The highest BCUT2D eigenvalue weighted by Crippen LogP contribution is 2.33. The van der Waals surface area contributed by atoms with Gasteiger partial charge in [-0.3, -0.25) is 9.10 Å². The number of hydrogen-bond donors (Lipinski definition) is 1. The molecule has 1 unspecified atom stereocenters. The molecular weight excluding hydrogens is 424 g/mol. The molecule has 0 heterocycles. The third-order valence-electron chi connectivity index (χ3n) is 5.06. The average Bonchev–Trinajstić information content (AvgIpc) is 2.72. The van der Waals surface area contributed by atoms with Gasteiger partial charge in [-0.15, -0.1) is 0 Å². The number of amides is 1. The molecule has 0 aliphatic rings. The van der Waals surface area contributed by atoms with Crippen LogP contribution in [0.2, 0.25) is 0 Å². The molecule has 6 nitrogen and oxygen atoms in total. The smallest absolute Gasteiger partial charge is 0.241 e. The first-order valence-electron chi connectivity index (χ1n) is 10.3. The van der Waals surface area contributed by atoms with Crippen molar-refractivity contribution >= 4 is 21.6 Å². The van der Waals surface area contributed by atoms with Gasteiger partial charge in [0, 0.05) is 0 Å². The van der Waals surface area contributed by atoms with Crippen LogP contribution in [0.3, 0.4) is 0 Å². The number of nitrogens with one attached hydrogen (secondary N) is 1. The van der Waals surface area contributed by atoms with Crippen LogP contribution in [0.15, 0.2) is 72.8 Å². The molecule has 0 aromatic heterocycles. The van der Waals surface area contributed by atoms with Gasteiger partial charge in [-0.1, -0.05) is 54.1 Å². The van der Waals surface area contributed by atoms with Crippen LogP contribution in [0.4, 0.5) is 5.69 Å². The van der Waals surface area contributed by atoms with E-state index >= 15 is 0 Å². The zero-order valence-electron chi connectivity index (χ0n) is 18.7. The number of aryl methyl sites for hydroxylation is 2. The molecule has 1 amide bonds. The molecule has 3 aromatic rings. The Bertz CT molecular complexity index is 1190. The predicted octanol–water partition coefficient (Wildman–Crippen LogP) is 4.74. The molecule has 0 saturated carbocycles. The van der Waals surface area contributed by atoms with E-state index in [1.165, 1.54) is 0 Å². The van der Waals surface area contributed by atoms with Crippen molar-refractivity contribution in [2.45, 2.75) is 26.8 Å². The maximum Gasteiger partial charge on any atom is 0.241 e. The highest BCUT2D eigenvalue weighted by atomic mass is 32.2. The molecule has 0 aliphatic carbocycles. The van der Waals surface area contributed by atoms with E-state index in [9.17, 15) is 13.2 Å². The molecule has 32 heavy (non-hydrogen) atoms. The standard InChI is InChI=1S/C25H28N2O4S/c1-18-14-15-22(19(2)16-18)20(3)26-25(28)17-27(32(4,29)30)23-12-8-9-13-24(23)31-21-10-6-5-7-11-21/h5-16,20H,17H2,1-4H3,(H,26,28). The fraction of sp³-hybridized carbons (Fsp3) is 0.240. The van der Waals surface area contributed by atoms with Crippen molar-refractivity contribution in [3.63, 3.8) is 0 Å². The van der Waals surface area contributed by atoms with E-state index in [4.69, 9.17) is 4.74 Å². The van der Waals surface area contributed by atoms with Crippen LogP contribution in [0, 0.1) is 13.8 Å². The molecule has 7 heteroatoms. The van der Waals surface area contributed by atoms with Crippen molar-refractivity contribution in [1.29, 1.82) is 0 Å². The number of benzene rings is 3. The lowest BCUT2D eigenvalue weighted by molar-refractivity contribution is -0.120. The Balaban J connectivity index is 1.83. The molecule has 1 N–H and O–H groups in total. The number of sulfonamides is 1. The molecule has 0 radical (unpaired) electrons. The van der Waals surface area contributed by atoms with Crippen LogP contribution in [0.25, 0.3) is 0 Å². The summed E-state index contributed by atoms with van der Waals surface area (Å²) in [7, 11) is -3.75. The number of nitrogens with zero attached hydrogens (tertiary/aromatic N) is 1.